The number of likely N-dealkylation sites (tertiary alicyclic amines) is 1. The van der Waals surface area contributed by atoms with Gasteiger partial charge in [0.15, 0.2) is 0 Å². The molecule has 0 bridgehead atoms. The molecule has 1 fully saturated rings. The van der Waals surface area contributed by atoms with Crippen LogP contribution in [0.2, 0.25) is 0 Å². The normalized spacial score (nSPS) is 35.9. The molecule has 15 heavy (non-hydrogen) atoms. The minimum atomic E-state index is -0.569. The van der Waals surface area contributed by atoms with Crippen LogP contribution in [0.1, 0.15) is 12.8 Å². The van der Waals surface area contributed by atoms with E-state index in [0.29, 0.717) is 11.5 Å². The summed E-state index contributed by atoms with van der Waals surface area (Å²) < 4.78 is 0. The minimum Gasteiger partial charge on any atom is -0.345 e. The van der Waals surface area contributed by atoms with Gasteiger partial charge in [0.2, 0.25) is 5.91 Å². The van der Waals surface area contributed by atoms with Gasteiger partial charge in [-0.1, -0.05) is 23.8 Å². The van der Waals surface area contributed by atoms with Crippen LogP contribution in [0, 0.1) is 5.92 Å². The smallest absolute Gasteiger partial charge is 0.227 e. The lowest BCUT2D eigenvalue weighted by Gasteiger charge is -2.29. The number of carbonyl (C=O) groups is 1. The van der Waals surface area contributed by atoms with Crippen molar-refractivity contribution in [1.29, 1.82) is 0 Å². The number of alkyl halides is 1. The lowest BCUT2D eigenvalue weighted by atomic mass is 9.85. The number of allylic oxidation sites excluding steroid dienone is 4. The number of amides is 1. The molecular formula is C11H13Cl2NO. The van der Waals surface area contributed by atoms with E-state index in [2.05, 4.69) is 0 Å². The monoisotopic (exact) mass is 245 g/mol. The van der Waals surface area contributed by atoms with Gasteiger partial charge in [0.25, 0.3) is 0 Å². The first-order valence-electron chi connectivity index (χ1n) is 5.02. The van der Waals surface area contributed by atoms with Gasteiger partial charge in [0.1, 0.15) is 0 Å². The highest BCUT2D eigenvalue weighted by molar-refractivity contribution is 6.32. The SMILES string of the molecule is CN1CCC(C2(Cl)C=CC(Cl)=CC2)C1=O. The van der Waals surface area contributed by atoms with E-state index in [1.807, 2.05) is 19.2 Å². The van der Waals surface area contributed by atoms with Crippen LogP contribution in [0.25, 0.3) is 0 Å². The van der Waals surface area contributed by atoms with Gasteiger partial charge in [-0.25, -0.2) is 0 Å². The highest BCUT2D eigenvalue weighted by Crippen LogP contribution is 2.40. The van der Waals surface area contributed by atoms with Crippen LogP contribution < -0.4 is 0 Å². The standard InChI is InChI=1S/C11H13Cl2NO/c1-14-7-4-9(10(14)15)11(13)5-2-8(12)3-6-11/h2-3,5,9H,4,6-7H2,1H3. The van der Waals surface area contributed by atoms with Crippen molar-refractivity contribution in [2.24, 2.45) is 5.92 Å². The quantitative estimate of drug-likeness (QED) is 0.651. The van der Waals surface area contributed by atoms with Crippen LogP contribution in [0.3, 0.4) is 0 Å². The molecule has 1 saturated heterocycles. The molecule has 2 rings (SSSR count). The Balaban J connectivity index is 2.18. The second-order valence-corrected chi connectivity index (χ2v) is 5.29. The summed E-state index contributed by atoms with van der Waals surface area (Å²) in [6.45, 7) is 0.795. The fourth-order valence-electron chi connectivity index (χ4n) is 2.13. The highest BCUT2D eigenvalue weighted by Gasteiger charge is 2.44. The maximum atomic E-state index is 11.8. The third-order valence-electron chi connectivity index (χ3n) is 3.14. The van der Waals surface area contributed by atoms with Crippen molar-refractivity contribution in [2.75, 3.05) is 13.6 Å². The third kappa shape index (κ3) is 1.93. The predicted octanol–water partition coefficient (Wildman–Crippen LogP) is 2.52. The molecule has 1 aliphatic heterocycles. The van der Waals surface area contributed by atoms with Gasteiger partial charge >= 0.3 is 0 Å². The topological polar surface area (TPSA) is 20.3 Å². The summed E-state index contributed by atoms with van der Waals surface area (Å²) in [5.41, 5.74) is 0. The van der Waals surface area contributed by atoms with Crippen molar-refractivity contribution in [2.45, 2.75) is 17.7 Å². The maximum absolute atomic E-state index is 11.8. The Hall–Kier alpha value is -0.470. The molecule has 0 radical (unpaired) electrons. The number of nitrogens with zero attached hydrogens (tertiary/aromatic N) is 1. The van der Waals surface area contributed by atoms with Gasteiger partial charge in [0, 0.05) is 18.6 Å². The molecule has 2 unspecified atom stereocenters. The Bertz CT molecular complexity index is 350. The number of rotatable bonds is 1. The summed E-state index contributed by atoms with van der Waals surface area (Å²) in [7, 11) is 1.82. The molecule has 2 atom stereocenters. The molecule has 1 aliphatic carbocycles. The van der Waals surface area contributed by atoms with Crippen molar-refractivity contribution in [1.82, 2.24) is 4.90 Å². The van der Waals surface area contributed by atoms with E-state index >= 15 is 0 Å². The van der Waals surface area contributed by atoms with Crippen molar-refractivity contribution in [3.05, 3.63) is 23.3 Å². The van der Waals surface area contributed by atoms with E-state index in [0.717, 1.165) is 13.0 Å². The van der Waals surface area contributed by atoms with Gasteiger partial charge < -0.3 is 4.90 Å². The molecule has 0 aromatic rings. The Morgan fingerprint density at radius 2 is 2.33 bits per heavy atom. The number of hydrogen-bond acceptors (Lipinski definition) is 1. The Morgan fingerprint density at radius 3 is 2.80 bits per heavy atom. The first-order chi connectivity index (χ1) is 7.03. The number of hydrogen-bond donors (Lipinski definition) is 0. The Kier molecular flexibility index (Phi) is 2.82. The molecular weight excluding hydrogens is 233 g/mol. The maximum Gasteiger partial charge on any atom is 0.227 e. The van der Waals surface area contributed by atoms with Crippen molar-refractivity contribution < 1.29 is 4.79 Å². The van der Waals surface area contributed by atoms with E-state index in [9.17, 15) is 4.79 Å². The molecule has 0 N–H and O–H groups in total. The summed E-state index contributed by atoms with van der Waals surface area (Å²) >= 11 is 12.3. The van der Waals surface area contributed by atoms with Gasteiger partial charge in [-0.05, 0) is 18.9 Å². The molecule has 0 aromatic heterocycles. The van der Waals surface area contributed by atoms with Crippen LogP contribution in [0.5, 0.6) is 0 Å². The first-order valence-corrected chi connectivity index (χ1v) is 5.77. The zero-order valence-corrected chi connectivity index (χ0v) is 10.1. The predicted molar refractivity (Wildman–Crippen MR) is 62.0 cm³/mol. The molecule has 1 amide bonds. The van der Waals surface area contributed by atoms with E-state index in [4.69, 9.17) is 23.2 Å². The number of carbonyl (C=O) groups excluding carboxylic acids is 1. The highest BCUT2D eigenvalue weighted by atomic mass is 35.5. The van der Waals surface area contributed by atoms with Crippen molar-refractivity contribution in [3.8, 4) is 0 Å². The molecule has 4 heteroatoms. The summed E-state index contributed by atoms with van der Waals surface area (Å²) in [5.74, 6) is 0.0301. The summed E-state index contributed by atoms with van der Waals surface area (Å²) in [5, 5.41) is 0.699. The zero-order chi connectivity index (χ0) is 11.1. The number of halogens is 2. The van der Waals surface area contributed by atoms with Crippen molar-refractivity contribution >= 4 is 29.1 Å². The van der Waals surface area contributed by atoms with E-state index in [-0.39, 0.29) is 11.8 Å². The molecule has 82 valence electrons. The lowest BCUT2D eigenvalue weighted by Crippen LogP contribution is -2.36. The van der Waals surface area contributed by atoms with E-state index < -0.39 is 4.87 Å². The second-order valence-electron chi connectivity index (χ2n) is 4.15. The van der Waals surface area contributed by atoms with Crippen LogP contribution >= 0.6 is 23.2 Å². The van der Waals surface area contributed by atoms with Gasteiger partial charge in [0.05, 0.1) is 10.8 Å². The van der Waals surface area contributed by atoms with Crippen molar-refractivity contribution in [3.63, 3.8) is 0 Å². The fraction of sp³-hybridized carbons (Fsp3) is 0.545. The zero-order valence-electron chi connectivity index (χ0n) is 8.54. The molecule has 1 heterocycles. The molecule has 0 spiro atoms. The van der Waals surface area contributed by atoms with Crippen LogP contribution in [-0.4, -0.2) is 29.3 Å². The Morgan fingerprint density at radius 1 is 1.60 bits per heavy atom. The third-order valence-corrected chi connectivity index (χ3v) is 3.96. The fourth-order valence-corrected chi connectivity index (χ4v) is 2.62. The second kappa shape index (κ2) is 3.84. The first kappa shape index (κ1) is 11.0. The average Bonchev–Trinajstić information content (AvgIpc) is 2.54. The van der Waals surface area contributed by atoms with E-state index in [1.165, 1.54) is 0 Å². The van der Waals surface area contributed by atoms with Crippen LogP contribution in [-0.2, 0) is 4.79 Å². The van der Waals surface area contributed by atoms with Gasteiger partial charge in [-0.2, -0.15) is 0 Å². The molecule has 2 nitrogen and oxygen atoms in total. The van der Waals surface area contributed by atoms with Gasteiger partial charge in [-0.15, -0.1) is 11.6 Å². The summed E-state index contributed by atoms with van der Waals surface area (Å²) in [6.07, 6.45) is 6.98. The average molecular weight is 246 g/mol. The summed E-state index contributed by atoms with van der Waals surface area (Å²) in [6, 6.07) is 0. The largest absolute Gasteiger partial charge is 0.345 e. The van der Waals surface area contributed by atoms with Crippen LogP contribution in [0.4, 0.5) is 0 Å². The molecule has 2 aliphatic rings. The molecule has 0 saturated carbocycles. The lowest BCUT2D eigenvalue weighted by molar-refractivity contribution is -0.130. The minimum absolute atomic E-state index is 0.110. The summed E-state index contributed by atoms with van der Waals surface area (Å²) in [4.78, 5) is 13.0. The van der Waals surface area contributed by atoms with E-state index in [1.54, 1.807) is 11.0 Å². The van der Waals surface area contributed by atoms with Crippen LogP contribution in [0.15, 0.2) is 23.3 Å². The Labute approximate surface area is 99.5 Å². The molecule has 0 aromatic carbocycles. The van der Waals surface area contributed by atoms with Gasteiger partial charge in [-0.3, -0.25) is 4.79 Å².